The van der Waals surface area contributed by atoms with Gasteiger partial charge in [0.15, 0.2) is 16.6 Å². The first-order valence-electron chi connectivity index (χ1n) is 4.81. The molecule has 0 aliphatic rings. The van der Waals surface area contributed by atoms with Gasteiger partial charge in [-0.25, -0.2) is 0 Å². The molecule has 3 N–H and O–H groups in total. The molecule has 86 valence electrons. The Morgan fingerprint density at radius 1 is 1.62 bits per heavy atom. The van der Waals surface area contributed by atoms with Crippen molar-refractivity contribution in [2.75, 3.05) is 24.7 Å². The number of nitrogen functional groups attached to an aromatic ring is 1. The maximum atomic E-state index is 5.63. The van der Waals surface area contributed by atoms with E-state index in [-0.39, 0.29) is 0 Å². The predicted molar refractivity (Wildman–Crippen MR) is 63.8 cm³/mol. The van der Waals surface area contributed by atoms with E-state index in [1.165, 1.54) is 11.5 Å². The van der Waals surface area contributed by atoms with Crippen LogP contribution in [0.4, 0.5) is 10.8 Å². The van der Waals surface area contributed by atoms with Crippen LogP contribution in [0.2, 0.25) is 0 Å². The van der Waals surface area contributed by atoms with Gasteiger partial charge < -0.3 is 15.8 Å². The quantitative estimate of drug-likeness (QED) is 0.815. The van der Waals surface area contributed by atoms with Gasteiger partial charge in [0.25, 0.3) is 0 Å². The highest BCUT2D eigenvalue weighted by molar-refractivity contribution is 7.11. The van der Waals surface area contributed by atoms with E-state index in [0.29, 0.717) is 11.6 Å². The molecule has 0 aliphatic carbocycles. The van der Waals surface area contributed by atoms with Crippen molar-refractivity contribution in [2.45, 2.75) is 6.54 Å². The number of nitrogens with one attached hydrogen (secondary N) is 1. The van der Waals surface area contributed by atoms with E-state index in [0.717, 1.165) is 18.1 Å². The molecule has 16 heavy (non-hydrogen) atoms. The molecule has 7 heteroatoms. The normalized spacial score (nSPS) is 10.3. The van der Waals surface area contributed by atoms with Crippen molar-refractivity contribution in [3.63, 3.8) is 0 Å². The minimum atomic E-state index is 0.425. The molecule has 2 rings (SSSR count). The van der Waals surface area contributed by atoms with Crippen LogP contribution in [0.15, 0.2) is 18.5 Å². The maximum Gasteiger partial charge on any atom is 0.197 e. The monoisotopic (exact) mass is 239 g/mol. The second-order valence-corrected chi connectivity index (χ2v) is 3.90. The van der Waals surface area contributed by atoms with Crippen LogP contribution in [-0.4, -0.2) is 27.8 Å². The van der Waals surface area contributed by atoms with Gasteiger partial charge in [-0.1, -0.05) is 0 Å². The minimum absolute atomic E-state index is 0.425. The molecule has 0 spiro atoms. The molecule has 0 amide bonds. The van der Waals surface area contributed by atoms with Crippen LogP contribution in [0, 0.1) is 0 Å². The van der Waals surface area contributed by atoms with E-state index < -0.39 is 0 Å². The van der Waals surface area contributed by atoms with Crippen LogP contribution < -0.4 is 15.8 Å². The molecule has 0 atom stereocenters. The summed E-state index contributed by atoms with van der Waals surface area (Å²) >= 11 is 1.30. The van der Waals surface area contributed by atoms with E-state index >= 15 is 0 Å². The Morgan fingerprint density at radius 2 is 2.50 bits per heavy atom. The third-order valence-corrected chi connectivity index (χ3v) is 2.86. The van der Waals surface area contributed by atoms with Crippen LogP contribution in [0.25, 0.3) is 0 Å². The molecular weight excluding hydrogens is 226 g/mol. The van der Waals surface area contributed by atoms with E-state index in [1.54, 1.807) is 13.3 Å². The van der Waals surface area contributed by atoms with Gasteiger partial charge in [0.05, 0.1) is 13.7 Å². The molecule has 0 aromatic carbocycles. The van der Waals surface area contributed by atoms with Gasteiger partial charge in [0, 0.05) is 18.9 Å². The molecule has 2 aromatic heterocycles. The average molecular weight is 239 g/mol. The highest BCUT2D eigenvalue weighted by Gasteiger charge is 2.10. The molecule has 0 unspecified atom stereocenters. The number of nitrogens with zero attached hydrogens (tertiary/aromatic N) is 3. The molecular formula is C9H13N5OS. The van der Waals surface area contributed by atoms with Crippen molar-refractivity contribution < 1.29 is 4.74 Å². The number of hydrogen-bond acceptors (Lipinski definition) is 6. The zero-order valence-corrected chi connectivity index (χ0v) is 9.70. The second kappa shape index (κ2) is 4.84. The van der Waals surface area contributed by atoms with Gasteiger partial charge in [-0.15, -0.1) is 0 Å². The molecule has 0 saturated carbocycles. The summed E-state index contributed by atoms with van der Waals surface area (Å²) in [5.41, 5.74) is 5.63. The molecule has 6 nitrogen and oxygen atoms in total. The van der Waals surface area contributed by atoms with Gasteiger partial charge in [0.1, 0.15) is 0 Å². The van der Waals surface area contributed by atoms with Crippen molar-refractivity contribution in [1.29, 1.82) is 0 Å². The third-order valence-electron chi connectivity index (χ3n) is 2.06. The van der Waals surface area contributed by atoms with Crippen molar-refractivity contribution in [1.82, 2.24) is 14.2 Å². The number of ether oxygens (including phenoxy) is 1. The van der Waals surface area contributed by atoms with Crippen LogP contribution in [-0.2, 0) is 6.54 Å². The zero-order valence-electron chi connectivity index (χ0n) is 8.88. The first-order chi connectivity index (χ1) is 7.81. The molecule has 0 saturated heterocycles. The van der Waals surface area contributed by atoms with Crippen LogP contribution in [0.3, 0.4) is 0 Å². The average Bonchev–Trinajstić information content (AvgIpc) is 2.89. The fourth-order valence-corrected chi connectivity index (χ4v) is 2.03. The lowest BCUT2D eigenvalue weighted by atomic mass is 10.5. The highest BCUT2D eigenvalue weighted by atomic mass is 32.1. The Morgan fingerprint density at radius 3 is 3.19 bits per heavy atom. The van der Waals surface area contributed by atoms with Gasteiger partial charge in [-0.2, -0.15) is 9.47 Å². The summed E-state index contributed by atoms with van der Waals surface area (Å²) in [7, 11) is 1.58. The summed E-state index contributed by atoms with van der Waals surface area (Å²) in [6.45, 7) is 1.54. The van der Waals surface area contributed by atoms with E-state index in [2.05, 4.69) is 14.8 Å². The van der Waals surface area contributed by atoms with Crippen molar-refractivity contribution in [2.24, 2.45) is 0 Å². The minimum Gasteiger partial charge on any atom is -0.490 e. The SMILES string of the molecule is COc1c(N)nsc1NCCn1cccn1. The first-order valence-corrected chi connectivity index (χ1v) is 5.59. The van der Waals surface area contributed by atoms with Crippen molar-refractivity contribution >= 4 is 22.4 Å². The largest absolute Gasteiger partial charge is 0.490 e. The number of nitrogens with two attached hydrogens (primary N) is 1. The Balaban J connectivity index is 1.89. The van der Waals surface area contributed by atoms with E-state index in [9.17, 15) is 0 Å². The molecule has 2 aromatic rings. The molecule has 0 fully saturated rings. The number of anilines is 2. The Hall–Kier alpha value is -1.76. The summed E-state index contributed by atoms with van der Waals surface area (Å²) in [5.74, 6) is 1.04. The second-order valence-electron chi connectivity index (χ2n) is 3.13. The van der Waals surface area contributed by atoms with Crippen molar-refractivity contribution in [3.8, 4) is 5.75 Å². The molecule has 0 aliphatic heterocycles. The molecule has 2 heterocycles. The summed E-state index contributed by atoms with van der Waals surface area (Å²) in [5, 5.41) is 8.17. The van der Waals surface area contributed by atoms with Crippen LogP contribution in [0.1, 0.15) is 0 Å². The zero-order chi connectivity index (χ0) is 11.4. The van der Waals surface area contributed by atoms with Gasteiger partial charge in [-0.3, -0.25) is 4.68 Å². The highest BCUT2D eigenvalue weighted by Crippen LogP contribution is 2.34. The summed E-state index contributed by atoms with van der Waals surface area (Å²) in [6, 6.07) is 1.89. The lowest BCUT2D eigenvalue weighted by Gasteiger charge is -2.05. The summed E-state index contributed by atoms with van der Waals surface area (Å²) in [4.78, 5) is 0. The lowest BCUT2D eigenvalue weighted by molar-refractivity contribution is 0.419. The number of hydrogen-bond donors (Lipinski definition) is 2. The Bertz CT molecular complexity index is 439. The van der Waals surface area contributed by atoms with Gasteiger partial charge >= 0.3 is 0 Å². The Kier molecular flexibility index (Phi) is 3.25. The number of methoxy groups -OCH3 is 1. The molecule has 0 radical (unpaired) electrons. The van der Waals surface area contributed by atoms with Gasteiger partial charge in [0.2, 0.25) is 0 Å². The predicted octanol–water partition coefficient (Wildman–Crippen LogP) is 1.04. The smallest absolute Gasteiger partial charge is 0.197 e. The number of aromatic nitrogens is 3. The fourth-order valence-electron chi connectivity index (χ4n) is 1.32. The lowest BCUT2D eigenvalue weighted by Crippen LogP contribution is -2.10. The topological polar surface area (TPSA) is 78.0 Å². The van der Waals surface area contributed by atoms with Crippen LogP contribution in [0.5, 0.6) is 5.75 Å². The number of rotatable bonds is 5. The van der Waals surface area contributed by atoms with Crippen LogP contribution >= 0.6 is 11.5 Å². The first kappa shape index (κ1) is 10.7. The summed E-state index contributed by atoms with van der Waals surface area (Å²) < 4.78 is 11.0. The van der Waals surface area contributed by atoms with E-state index in [4.69, 9.17) is 10.5 Å². The Labute approximate surface area is 97.2 Å². The van der Waals surface area contributed by atoms with Gasteiger partial charge in [-0.05, 0) is 17.6 Å². The summed E-state index contributed by atoms with van der Waals surface area (Å²) in [6.07, 6.45) is 3.67. The third kappa shape index (κ3) is 2.25. The maximum absolute atomic E-state index is 5.63. The standard InChI is InChI=1S/C9H13N5OS/c1-15-7-8(10)13-16-9(7)11-4-6-14-5-2-3-12-14/h2-3,5,11H,4,6H2,1H3,(H2,10,13). The molecule has 0 bridgehead atoms. The van der Waals surface area contributed by atoms with E-state index in [1.807, 2.05) is 16.9 Å². The fraction of sp³-hybridized carbons (Fsp3) is 0.333. The van der Waals surface area contributed by atoms with Crippen molar-refractivity contribution in [3.05, 3.63) is 18.5 Å².